The summed E-state index contributed by atoms with van der Waals surface area (Å²) in [5.41, 5.74) is 3.68. The second kappa shape index (κ2) is 9.45. The zero-order valence-electron chi connectivity index (χ0n) is 19.7. The first kappa shape index (κ1) is 23.0. The lowest BCUT2D eigenvalue weighted by molar-refractivity contribution is -0.136. The lowest BCUT2D eigenvalue weighted by Gasteiger charge is -2.33. The fourth-order valence-electron chi connectivity index (χ4n) is 5.66. The molecular formula is C27H33N3O3S. The van der Waals surface area contributed by atoms with Crippen LogP contribution in [0.5, 0.6) is 0 Å². The Morgan fingerprint density at radius 3 is 2.41 bits per heavy atom. The van der Waals surface area contributed by atoms with Gasteiger partial charge in [-0.2, -0.15) is 0 Å². The second-order valence-corrected chi connectivity index (χ2v) is 11.6. The number of hydrogen-bond donors (Lipinski definition) is 1. The van der Waals surface area contributed by atoms with Crippen LogP contribution in [-0.4, -0.2) is 36.9 Å². The van der Waals surface area contributed by atoms with Gasteiger partial charge in [0.25, 0.3) is 0 Å². The van der Waals surface area contributed by atoms with E-state index in [1.807, 2.05) is 55.6 Å². The van der Waals surface area contributed by atoms with E-state index >= 15 is 0 Å². The first-order chi connectivity index (χ1) is 16.4. The predicted molar refractivity (Wildman–Crippen MR) is 136 cm³/mol. The lowest BCUT2D eigenvalue weighted by Crippen LogP contribution is -2.40. The number of sulfonamides is 1. The van der Waals surface area contributed by atoms with Crippen LogP contribution in [0.2, 0.25) is 0 Å². The molecule has 1 N–H and O–H groups in total. The van der Waals surface area contributed by atoms with Crippen molar-refractivity contribution < 1.29 is 13.2 Å². The molecule has 0 atom stereocenters. The van der Waals surface area contributed by atoms with Crippen LogP contribution in [-0.2, 0) is 27.6 Å². The van der Waals surface area contributed by atoms with E-state index in [0.717, 1.165) is 55.2 Å². The number of rotatable bonds is 6. The molecule has 0 unspecified atom stereocenters. The first-order valence-corrected chi connectivity index (χ1v) is 14.0. The highest BCUT2D eigenvalue weighted by Gasteiger charge is 2.31. The van der Waals surface area contributed by atoms with E-state index in [1.54, 1.807) is 0 Å². The molecule has 6 nitrogen and oxygen atoms in total. The second-order valence-electron chi connectivity index (χ2n) is 9.85. The van der Waals surface area contributed by atoms with Gasteiger partial charge in [-0.25, -0.2) is 8.42 Å². The number of carbonyl (C=O) groups excluding carboxylic acids is 1. The summed E-state index contributed by atoms with van der Waals surface area (Å²) in [6, 6.07) is 15.0. The maximum Gasteiger partial charge on any atom is 0.236 e. The average Bonchev–Trinajstić information content (AvgIpc) is 3.47. The number of likely N-dealkylation sites (tertiary alicyclic amines) is 1. The van der Waals surface area contributed by atoms with E-state index in [4.69, 9.17) is 0 Å². The summed E-state index contributed by atoms with van der Waals surface area (Å²) in [6.07, 6.45) is 8.52. The zero-order valence-corrected chi connectivity index (χ0v) is 20.6. The molecule has 180 valence electrons. The summed E-state index contributed by atoms with van der Waals surface area (Å²) in [7, 11) is -1.48. The molecule has 1 saturated heterocycles. The SMILES string of the molecule is Cn1cc(C2CCN(C(=O)C3CCCC3)CC2)c2cc(NS(=O)(=O)Cc3ccccc3)ccc21. The average molecular weight is 480 g/mol. The van der Waals surface area contributed by atoms with Gasteiger partial charge in [0.2, 0.25) is 15.9 Å². The molecule has 1 aromatic heterocycles. The molecule has 2 aromatic carbocycles. The van der Waals surface area contributed by atoms with Crippen LogP contribution in [0.4, 0.5) is 5.69 Å². The number of benzene rings is 2. The normalized spacial score (nSPS) is 18.0. The fourth-order valence-corrected chi connectivity index (χ4v) is 6.85. The Morgan fingerprint density at radius 2 is 1.71 bits per heavy atom. The highest BCUT2D eigenvalue weighted by atomic mass is 32.2. The summed E-state index contributed by atoms with van der Waals surface area (Å²) in [5, 5.41) is 1.09. The van der Waals surface area contributed by atoms with Gasteiger partial charge in [0.05, 0.1) is 5.75 Å². The van der Waals surface area contributed by atoms with Crippen molar-refractivity contribution >= 4 is 32.5 Å². The number of nitrogens with zero attached hydrogens (tertiary/aromatic N) is 2. The van der Waals surface area contributed by atoms with Crippen LogP contribution in [0.15, 0.2) is 54.7 Å². The maximum absolute atomic E-state index is 12.8. The minimum absolute atomic E-state index is 0.0546. The van der Waals surface area contributed by atoms with E-state index in [0.29, 0.717) is 17.5 Å². The molecule has 7 heteroatoms. The van der Waals surface area contributed by atoms with Gasteiger partial charge in [-0.15, -0.1) is 0 Å². The smallest absolute Gasteiger partial charge is 0.236 e. The van der Waals surface area contributed by atoms with Gasteiger partial charge in [0, 0.05) is 48.8 Å². The van der Waals surface area contributed by atoms with Crippen LogP contribution in [0.3, 0.4) is 0 Å². The Balaban J connectivity index is 1.32. The van der Waals surface area contributed by atoms with Crippen LogP contribution < -0.4 is 4.72 Å². The lowest BCUT2D eigenvalue weighted by atomic mass is 9.88. The maximum atomic E-state index is 12.8. The Bertz CT molecular complexity index is 1270. The number of amides is 1. The van der Waals surface area contributed by atoms with Crippen molar-refractivity contribution in [3.63, 3.8) is 0 Å². The fraction of sp³-hybridized carbons (Fsp3) is 0.444. The highest BCUT2D eigenvalue weighted by molar-refractivity contribution is 7.91. The van der Waals surface area contributed by atoms with Crippen molar-refractivity contribution in [2.24, 2.45) is 13.0 Å². The molecule has 0 spiro atoms. The molecule has 1 aliphatic heterocycles. The molecule has 0 bridgehead atoms. The van der Waals surface area contributed by atoms with E-state index in [-0.39, 0.29) is 11.7 Å². The van der Waals surface area contributed by atoms with Crippen molar-refractivity contribution in [3.8, 4) is 0 Å². The summed E-state index contributed by atoms with van der Waals surface area (Å²) in [5.74, 6) is 0.901. The summed E-state index contributed by atoms with van der Waals surface area (Å²) in [6.45, 7) is 1.61. The molecule has 1 saturated carbocycles. The third-order valence-corrected chi connectivity index (χ3v) is 8.70. The molecule has 2 aliphatic rings. The summed E-state index contributed by atoms with van der Waals surface area (Å²) in [4.78, 5) is 14.9. The van der Waals surface area contributed by atoms with Crippen LogP contribution in [0.25, 0.3) is 10.9 Å². The standard InChI is InChI=1S/C27H33N3O3S/c1-29-18-25(21-13-15-30(16-14-21)27(31)22-9-5-6-10-22)24-17-23(11-12-26(24)29)28-34(32,33)19-20-7-3-2-4-8-20/h2-4,7-8,11-12,17-18,21-22,28H,5-6,9-10,13-16,19H2,1H3. The minimum Gasteiger partial charge on any atom is -0.350 e. The number of nitrogens with one attached hydrogen (secondary N) is 1. The quantitative estimate of drug-likeness (QED) is 0.540. The molecule has 2 fully saturated rings. The predicted octanol–water partition coefficient (Wildman–Crippen LogP) is 5.02. The molecular weight excluding hydrogens is 446 g/mol. The van der Waals surface area contributed by atoms with Crippen molar-refractivity contribution in [1.29, 1.82) is 0 Å². The molecule has 1 aliphatic carbocycles. The molecule has 1 amide bonds. The monoisotopic (exact) mass is 479 g/mol. The van der Waals surface area contributed by atoms with Gasteiger partial charge in [-0.3, -0.25) is 9.52 Å². The van der Waals surface area contributed by atoms with Crippen molar-refractivity contribution in [2.75, 3.05) is 17.8 Å². The Hall–Kier alpha value is -2.80. The van der Waals surface area contributed by atoms with Gasteiger partial charge in [-0.1, -0.05) is 43.2 Å². The van der Waals surface area contributed by atoms with E-state index in [9.17, 15) is 13.2 Å². The van der Waals surface area contributed by atoms with E-state index in [2.05, 4.69) is 20.4 Å². The Morgan fingerprint density at radius 1 is 1.00 bits per heavy atom. The van der Waals surface area contributed by atoms with Gasteiger partial charge < -0.3 is 9.47 Å². The zero-order chi connectivity index (χ0) is 23.7. The van der Waals surface area contributed by atoms with Crippen molar-refractivity contribution in [3.05, 3.63) is 65.9 Å². The Labute approximate surface area is 202 Å². The van der Waals surface area contributed by atoms with Gasteiger partial charge in [0.1, 0.15) is 0 Å². The van der Waals surface area contributed by atoms with Gasteiger partial charge >= 0.3 is 0 Å². The van der Waals surface area contributed by atoms with Crippen LogP contribution in [0, 0.1) is 5.92 Å². The first-order valence-electron chi connectivity index (χ1n) is 12.3. The topological polar surface area (TPSA) is 71.4 Å². The van der Waals surface area contributed by atoms with Crippen molar-refractivity contribution in [1.82, 2.24) is 9.47 Å². The molecule has 3 aromatic rings. The van der Waals surface area contributed by atoms with E-state index in [1.165, 1.54) is 18.4 Å². The third-order valence-electron chi connectivity index (χ3n) is 7.44. The van der Waals surface area contributed by atoms with Gasteiger partial charge in [-0.05, 0) is 60.9 Å². The largest absolute Gasteiger partial charge is 0.350 e. The minimum atomic E-state index is -3.51. The van der Waals surface area contributed by atoms with Crippen LogP contribution in [0.1, 0.15) is 55.6 Å². The molecule has 0 radical (unpaired) electrons. The van der Waals surface area contributed by atoms with E-state index < -0.39 is 10.0 Å². The number of anilines is 1. The number of hydrogen-bond acceptors (Lipinski definition) is 3. The number of aromatic nitrogens is 1. The third kappa shape index (κ3) is 4.85. The van der Waals surface area contributed by atoms with Crippen molar-refractivity contribution in [2.45, 2.75) is 50.2 Å². The number of aryl methyl sites for hydroxylation is 1. The van der Waals surface area contributed by atoms with Gasteiger partial charge in [0.15, 0.2) is 0 Å². The molecule has 2 heterocycles. The highest BCUT2D eigenvalue weighted by Crippen LogP contribution is 2.36. The molecule has 34 heavy (non-hydrogen) atoms. The number of carbonyl (C=O) groups is 1. The molecule has 5 rings (SSSR count). The summed E-state index contributed by atoms with van der Waals surface area (Å²) < 4.78 is 30.4. The van der Waals surface area contributed by atoms with Crippen LogP contribution >= 0.6 is 0 Å². The number of piperidine rings is 1. The Kier molecular flexibility index (Phi) is 6.38. The number of fused-ring (bicyclic) bond motifs is 1. The summed E-state index contributed by atoms with van der Waals surface area (Å²) >= 11 is 0.